The molecule has 0 radical (unpaired) electrons. The smallest absolute Gasteiger partial charge is 0.264 e. The van der Waals surface area contributed by atoms with E-state index in [0.29, 0.717) is 16.4 Å². The molecule has 24 heavy (non-hydrogen) atoms. The Bertz CT molecular complexity index is 710. The summed E-state index contributed by atoms with van der Waals surface area (Å²) in [5.41, 5.74) is 1.02. The van der Waals surface area contributed by atoms with E-state index in [1.54, 1.807) is 11.0 Å². The Balaban J connectivity index is 2.11. The second kappa shape index (κ2) is 8.31. The zero-order valence-corrected chi connectivity index (χ0v) is 15.6. The minimum absolute atomic E-state index is 0.0598. The van der Waals surface area contributed by atoms with E-state index in [9.17, 15) is 9.59 Å². The fourth-order valence-corrected chi connectivity index (χ4v) is 3.35. The highest BCUT2D eigenvalue weighted by molar-refractivity contribution is 7.17. The fraction of sp³-hybridized carbons (Fsp3) is 0.333. The van der Waals surface area contributed by atoms with Crippen LogP contribution in [0.1, 0.15) is 30.4 Å². The lowest BCUT2D eigenvalue weighted by Crippen LogP contribution is -2.42. The average molecular weight is 365 g/mol. The molecule has 0 fully saturated rings. The van der Waals surface area contributed by atoms with E-state index >= 15 is 0 Å². The minimum atomic E-state index is -0.144. The van der Waals surface area contributed by atoms with Crippen molar-refractivity contribution in [2.75, 3.05) is 13.1 Å². The standard InChI is InChI=1S/C18H21ClN2O2S/c1-4-21(11-17(22)20-12(2)3)18(23)16-10-9-15(24-16)13-5-7-14(19)8-6-13/h5-10,12H,4,11H2,1-3H3,(H,20,22). The van der Waals surface area contributed by atoms with Crippen LogP contribution in [0.15, 0.2) is 36.4 Å². The number of rotatable bonds is 6. The first-order valence-electron chi connectivity index (χ1n) is 7.85. The van der Waals surface area contributed by atoms with E-state index in [4.69, 9.17) is 11.6 Å². The molecule has 2 aromatic rings. The number of hydrogen-bond donors (Lipinski definition) is 1. The summed E-state index contributed by atoms with van der Waals surface area (Å²) < 4.78 is 0. The van der Waals surface area contributed by atoms with Crippen molar-refractivity contribution in [1.82, 2.24) is 10.2 Å². The van der Waals surface area contributed by atoms with Crippen molar-refractivity contribution in [3.05, 3.63) is 46.3 Å². The number of halogens is 1. The SMILES string of the molecule is CCN(CC(=O)NC(C)C)C(=O)c1ccc(-c2ccc(Cl)cc2)s1. The van der Waals surface area contributed by atoms with Gasteiger partial charge < -0.3 is 10.2 Å². The maximum atomic E-state index is 12.6. The molecule has 0 aliphatic heterocycles. The van der Waals surface area contributed by atoms with Gasteiger partial charge in [0.1, 0.15) is 0 Å². The Hall–Kier alpha value is -1.85. The Morgan fingerprint density at radius 1 is 1.17 bits per heavy atom. The third-order valence-corrected chi connectivity index (χ3v) is 4.77. The number of carbonyl (C=O) groups excluding carboxylic acids is 2. The van der Waals surface area contributed by atoms with Crippen molar-refractivity contribution in [2.24, 2.45) is 0 Å². The van der Waals surface area contributed by atoms with Crippen LogP contribution < -0.4 is 5.32 Å². The van der Waals surface area contributed by atoms with E-state index < -0.39 is 0 Å². The molecule has 128 valence electrons. The predicted molar refractivity (Wildman–Crippen MR) is 99.6 cm³/mol. The van der Waals surface area contributed by atoms with E-state index in [1.807, 2.05) is 51.1 Å². The molecular weight excluding hydrogens is 344 g/mol. The summed E-state index contributed by atoms with van der Waals surface area (Å²) in [6.07, 6.45) is 0. The van der Waals surface area contributed by atoms with E-state index in [-0.39, 0.29) is 24.4 Å². The number of benzene rings is 1. The first-order chi connectivity index (χ1) is 11.4. The summed E-state index contributed by atoms with van der Waals surface area (Å²) in [5.74, 6) is -0.267. The normalized spacial score (nSPS) is 10.7. The molecule has 4 nitrogen and oxygen atoms in total. The van der Waals surface area contributed by atoms with Crippen LogP contribution in [0, 0.1) is 0 Å². The number of nitrogens with one attached hydrogen (secondary N) is 1. The highest BCUT2D eigenvalue weighted by Gasteiger charge is 2.19. The number of nitrogens with zero attached hydrogens (tertiary/aromatic N) is 1. The van der Waals surface area contributed by atoms with Gasteiger partial charge in [0.15, 0.2) is 0 Å². The van der Waals surface area contributed by atoms with E-state index in [0.717, 1.165) is 10.4 Å². The molecule has 2 amide bonds. The molecule has 1 aromatic carbocycles. The Labute approximate surface area is 151 Å². The number of hydrogen-bond acceptors (Lipinski definition) is 3. The van der Waals surface area contributed by atoms with Gasteiger partial charge >= 0.3 is 0 Å². The van der Waals surface area contributed by atoms with Crippen LogP contribution in [-0.4, -0.2) is 35.8 Å². The molecule has 2 rings (SSSR count). The minimum Gasteiger partial charge on any atom is -0.352 e. The maximum absolute atomic E-state index is 12.6. The van der Waals surface area contributed by atoms with Crippen LogP contribution >= 0.6 is 22.9 Å². The Kier molecular flexibility index (Phi) is 6.40. The van der Waals surface area contributed by atoms with Crippen LogP contribution in [0.3, 0.4) is 0 Å². The van der Waals surface area contributed by atoms with E-state index in [1.165, 1.54) is 11.3 Å². The Morgan fingerprint density at radius 3 is 2.42 bits per heavy atom. The molecule has 0 aliphatic carbocycles. The van der Waals surface area contributed by atoms with E-state index in [2.05, 4.69) is 5.32 Å². The molecule has 0 spiro atoms. The van der Waals surface area contributed by atoms with Crippen LogP contribution in [0.25, 0.3) is 10.4 Å². The summed E-state index contributed by atoms with van der Waals surface area (Å²) in [5, 5.41) is 3.49. The van der Waals surface area contributed by atoms with Crippen LogP contribution in [-0.2, 0) is 4.79 Å². The Morgan fingerprint density at radius 2 is 1.83 bits per heavy atom. The lowest BCUT2D eigenvalue weighted by atomic mass is 10.2. The molecule has 0 aliphatic rings. The number of amides is 2. The lowest BCUT2D eigenvalue weighted by molar-refractivity contribution is -0.122. The van der Waals surface area contributed by atoms with Crippen molar-refractivity contribution in [2.45, 2.75) is 26.8 Å². The van der Waals surface area contributed by atoms with Gasteiger partial charge in [-0.3, -0.25) is 9.59 Å². The van der Waals surface area contributed by atoms with Gasteiger partial charge in [-0.1, -0.05) is 23.7 Å². The summed E-state index contributed by atoms with van der Waals surface area (Å²) in [6, 6.07) is 11.3. The molecule has 1 aromatic heterocycles. The molecule has 0 saturated carbocycles. The molecule has 6 heteroatoms. The summed E-state index contributed by atoms with van der Waals surface area (Å²) in [6.45, 7) is 6.22. The third-order valence-electron chi connectivity index (χ3n) is 3.40. The largest absolute Gasteiger partial charge is 0.352 e. The van der Waals surface area contributed by atoms with Gasteiger partial charge in [0.25, 0.3) is 5.91 Å². The van der Waals surface area contributed by atoms with Crippen molar-refractivity contribution in [1.29, 1.82) is 0 Å². The second-order valence-corrected chi connectivity index (χ2v) is 7.23. The fourth-order valence-electron chi connectivity index (χ4n) is 2.25. The summed E-state index contributed by atoms with van der Waals surface area (Å²) in [7, 11) is 0. The predicted octanol–water partition coefficient (Wildman–Crippen LogP) is 4.06. The zero-order chi connectivity index (χ0) is 17.7. The number of likely N-dealkylation sites (N-methyl/N-ethyl adjacent to an activating group) is 1. The quantitative estimate of drug-likeness (QED) is 0.840. The van der Waals surface area contributed by atoms with Crippen LogP contribution in [0.5, 0.6) is 0 Å². The van der Waals surface area contributed by atoms with Crippen molar-refractivity contribution >= 4 is 34.8 Å². The van der Waals surface area contributed by atoms with Gasteiger partial charge in [-0.15, -0.1) is 11.3 Å². The first kappa shape index (κ1) is 18.5. The molecule has 0 unspecified atom stereocenters. The monoisotopic (exact) mass is 364 g/mol. The van der Waals surface area contributed by atoms with Crippen molar-refractivity contribution < 1.29 is 9.59 Å². The highest BCUT2D eigenvalue weighted by atomic mass is 35.5. The van der Waals surface area contributed by atoms with Gasteiger partial charge in [-0.25, -0.2) is 0 Å². The van der Waals surface area contributed by atoms with Crippen LogP contribution in [0.2, 0.25) is 5.02 Å². The number of thiophene rings is 1. The van der Waals surface area contributed by atoms with Gasteiger partial charge in [-0.2, -0.15) is 0 Å². The van der Waals surface area contributed by atoms with Crippen molar-refractivity contribution in [3.63, 3.8) is 0 Å². The topological polar surface area (TPSA) is 49.4 Å². The van der Waals surface area contributed by atoms with Gasteiger partial charge in [0.2, 0.25) is 5.91 Å². The van der Waals surface area contributed by atoms with Crippen molar-refractivity contribution in [3.8, 4) is 10.4 Å². The van der Waals surface area contributed by atoms with Crippen LogP contribution in [0.4, 0.5) is 0 Å². The molecule has 1 N–H and O–H groups in total. The summed E-state index contributed by atoms with van der Waals surface area (Å²) >= 11 is 7.32. The molecule has 1 heterocycles. The number of carbonyl (C=O) groups is 2. The molecule has 0 bridgehead atoms. The van der Waals surface area contributed by atoms with Gasteiger partial charge in [-0.05, 0) is 50.6 Å². The van der Waals surface area contributed by atoms with Gasteiger partial charge in [0, 0.05) is 22.5 Å². The summed E-state index contributed by atoms with van der Waals surface area (Å²) in [4.78, 5) is 27.7. The maximum Gasteiger partial charge on any atom is 0.264 e. The molecule has 0 saturated heterocycles. The average Bonchev–Trinajstić information content (AvgIpc) is 3.02. The first-order valence-corrected chi connectivity index (χ1v) is 9.04. The third kappa shape index (κ3) is 4.82. The highest BCUT2D eigenvalue weighted by Crippen LogP contribution is 2.29. The molecule has 0 atom stereocenters. The molecular formula is C18H21ClN2O2S. The second-order valence-electron chi connectivity index (χ2n) is 5.71. The zero-order valence-electron chi connectivity index (χ0n) is 14.0. The van der Waals surface area contributed by atoms with Gasteiger partial charge in [0.05, 0.1) is 11.4 Å². The lowest BCUT2D eigenvalue weighted by Gasteiger charge is -2.20.